The Balaban J connectivity index is 0.000000423. The number of aromatic nitrogens is 1. The van der Waals surface area contributed by atoms with E-state index in [1.807, 2.05) is 4.90 Å². The molecule has 1 aromatic rings. The first-order valence-corrected chi connectivity index (χ1v) is 9.83. The van der Waals surface area contributed by atoms with Crippen LogP contribution in [-0.4, -0.2) is 88.3 Å². The van der Waals surface area contributed by atoms with Gasteiger partial charge in [0.25, 0.3) is 0 Å². The maximum Gasteiger partial charge on any atom is 0.490 e. The maximum absolute atomic E-state index is 12.2. The fourth-order valence-electron chi connectivity index (χ4n) is 3.16. The largest absolute Gasteiger partial charge is 0.490 e. The monoisotopic (exact) mass is 446 g/mol. The lowest BCUT2D eigenvalue weighted by Gasteiger charge is -2.38. The zero-order chi connectivity index (χ0) is 23.0. The van der Waals surface area contributed by atoms with Gasteiger partial charge in [-0.1, -0.05) is 6.42 Å². The second-order valence-electron chi connectivity index (χ2n) is 7.23. The molecule has 1 amide bonds. The highest BCUT2D eigenvalue weighted by molar-refractivity contribution is 5.92. The number of halogens is 3. The Morgan fingerprint density at radius 2 is 1.74 bits per heavy atom. The van der Waals surface area contributed by atoms with Gasteiger partial charge in [0.05, 0.1) is 0 Å². The van der Waals surface area contributed by atoms with Crippen LogP contribution in [0.15, 0.2) is 18.3 Å². The van der Waals surface area contributed by atoms with E-state index < -0.39 is 18.1 Å². The second kappa shape index (κ2) is 10.9. The number of aliphatic carboxylic acids is 1. The first-order valence-electron chi connectivity index (χ1n) is 9.83. The van der Waals surface area contributed by atoms with Crippen LogP contribution in [0.2, 0.25) is 0 Å². The van der Waals surface area contributed by atoms with E-state index in [-0.39, 0.29) is 11.5 Å². The van der Waals surface area contributed by atoms with Crippen LogP contribution in [0.25, 0.3) is 0 Å². The molecular formula is C19H25F3N4O5. The number of alkyl halides is 3. The SMILES string of the molecule is O=C(O)C(F)(F)F.O=C(O)c1cccnc1NCCN1CCN(C(=O)C2CCC2)CC1. The molecule has 0 bridgehead atoms. The van der Waals surface area contributed by atoms with Gasteiger partial charge >= 0.3 is 18.1 Å². The van der Waals surface area contributed by atoms with Crippen molar-refractivity contribution in [3.8, 4) is 0 Å². The van der Waals surface area contributed by atoms with Crippen LogP contribution >= 0.6 is 0 Å². The highest BCUT2D eigenvalue weighted by atomic mass is 19.4. The molecule has 31 heavy (non-hydrogen) atoms. The Bertz CT molecular complexity index is 778. The van der Waals surface area contributed by atoms with E-state index in [9.17, 15) is 22.8 Å². The molecule has 9 nitrogen and oxygen atoms in total. The molecule has 1 saturated carbocycles. The maximum atomic E-state index is 12.2. The van der Waals surface area contributed by atoms with E-state index in [4.69, 9.17) is 15.0 Å². The van der Waals surface area contributed by atoms with Crippen LogP contribution in [0.5, 0.6) is 0 Å². The van der Waals surface area contributed by atoms with Gasteiger partial charge in [0.1, 0.15) is 11.4 Å². The summed E-state index contributed by atoms with van der Waals surface area (Å²) in [6, 6.07) is 3.16. The van der Waals surface area contributed by atoms with Gasteiger partial charge in [0.15, 0.2) is 0 Å². The third-order valence-corrected chi connectivity index (χ3v) is 5.14. The first kappa shape index (κ1) is 24.4. The molecule has 1 aromatic heterocycles. The molecule has 0 radical (unpaired) electrons. The molecule has 172 valence electrons. The van der Waals surface area contributed by atoms with Crippen molar-refractivity contribution >= 4 is 23.7 Å². The van der Waals surface area contributed by atoms with Crippen molar-refractivity contribution in [2.45, 2.75) is 25.4 Å². The number of carboxylic acid groups (broad SMARTS) is 2. The molecule has 2 fully saturated rings. The van der Waals surface area contributed by atoms with Crippen LogP contribution in [0.3, 0.4) is 0 Å². The summed E-state index contributed by atoms with van der Waals surface area (Å²) in [7, 11) is 0. The summed E-state index contributed by atoms with van der Waals surface area (Å²) in [6.07, 6.45) is -0.203. The Morgan fingerprint density at radius 1 is 1.13 bits per heavy atom. The second-order valence-corrected chi connectivity index (χ2v) is 7.23. The lowest BCUT2D eigenvalue weighted by atomic mass is 9.84. The lowest BCUT2D eigenvalue weighted by molar-refractivity contribution is -0.192. The molecule has 0 atom stereocenters. The van der Waals surface area contributed by atoms with Crippen LogP contribution in [-0.2, 0) is 9.59 Å². The minimum atomic E-state index is -5.08. The number of carbonyl (C=O) groups excluding carboxylic acids is 1. The van der Waals surface area contributed by atoms with Gasteiger partial charge < -0.3 is 20.4 Å². The summed E-state index contributed by atoms with van der Waals surface area (Å²) >= 11 is 0. The van der Waals surface area contributed by atoms with Crippen LogP contribution in [0.4, 0.5) is 19.0 Å². The van der Waals surface area contributed by atoms with Crippen molar-refractivity contribution in [2.24, 2.45) is 5.92 Å². The summed E-state index contributed by atoms with van der Waals surface area (Å²) in [5, 5.41) is 19.4. The third-order valence-electron chi connectivity index (χ3n) is 5.14. The normalized spacial score (nSPS) is 17.2. The van der Waals surface area contributed by atoms with E-state index >= 15 is 0 Å². The number of aromatic carboxylic acids is 1. The van der Waals surface area contributed by atoms with Crippen LogP contribution in [0.1, 0.15) is 29.6 Å². The zero-order valence-electron chi connectivity index (χ0n) is 16.8. The molecule has 2 heterocycles. The number of piperazine rings is 1. The van der Waals surface area contributed by atoms with Gasteiger partial charge in [-0.25, -0.2) is 14.6 Å². The molecule has 1 aliphatic carbocycles. The Hall–Kier alpha value is -2.89. The quantitative estimate of drug-likeness (QED) is 0.604. The molecule has 0 unspecified atom stereocenters. The number of hydrogen-bond acceptors (Lipinski definition) is 6. The van der Waals surface area contributed by atoms with Crippen molar-refractivity contribution in [3.05, 3.63) is 23.9 Å². The van der Waals surface area contributed by atoms with E-state index in [1.165, 1.54) is 6.42 Å². The fourth-order valence-corrected chi connectivity index (χ4v) is 3.16. The average Bonchev–Trinajstić information content (AvgIpc) is 2.67. The van der Waals surface area contributed by atoms with E-state index in [0.717, 1.165) is 45.6 Å². The molecule has 3 N–H and O–H groups in total. The van der Waals surface area contributed by atoms with Gasteiger partial charge in [-0.15, -0.1) is 0 Å². The van der Waals surface area contributed by atoms with Gasteiger partial charge in [-0.3, -0.25) is 9.69 Å². The lowest BCUT2D eigenvalue weighted by Crippen LogP contribution is -2.51. The summed E-state index contributed by atoms with van der Waals surface area (Å²) in [4.78, 5) is 40.6. The number of amides is 1. The van der Waals surface area contributed by atoms with Gasteiger partial charge in [-0.2, -0.15) is 13.2 Å². The van der Waals surface area contributed by atoms with Crippen molar-refractivity contribution in [1.29, 1.82) is 0 Å². The van der Waals surface area contributed by atoms with Crippen molar-refractivity contribution in [3.63, 3.8) is 0 Å². The summed E-state index contributed by atoms with van der Waals surface area (Å²) in [5.41, 5.74) is 0.188. The number of nitrogens with zero attached hydrogens (tertiary/aromatic N) is 3. The first-order chi connectivity index (χ1) is 14.6. The summed E-state index contributed by atoms with van der Waals surface area (Å²) in [5.74, 6) is -2.72. The standard InChI is InChI=1S/C17H24N4O3.C2HF3O2/c22-16(13-3-1-4-13)21-11-9-20(10-12-21)8-7-19-15-14(17(23)24)5-2-6-18-15;3-2(4,5)1(6)7/h2,5-6,13H,1,3-4,7-12H2,(H,18,19)(H,23,24);(H,6,7). The highest BCUT2D eigenvalue weighted by Crippen LogP contribution is 2.28. The molecular weight excluding hydrogens is 421 g/mol. The molecule has 12 heteroatoms. The van der Waals surface area contributed by atoms with E-state index in [1.54, 1.807) is 18.3 Å². The number of carboxylic acids is 2. The summed E-state index contributed by atoms with van der Waals surface area (Å²) in [6.45, 7) is 4.76. The number of rotatable bonds is 6. The Morgan fingerprint density at radius 3 is 2.23 bits per heavy atom. The third kappa shape index (κ3) is 7.39. The minimum Gasteiger partial charge on any atom is -0.478 e. The molecule has 3 rings (SSSR count). The Kier molecular flexibility index (Phi) is 8.60. The zero-order valence-corrected chi connectivity index (χ0v) is 16.8. The molecule has 2 aliphatic rings. The summed E-state index contributed by atoms with van der Waals surface area (Å²) < 4.78 is 31.7. The molecule has 0 aromatic carbocycles. The predicted octanol–water partition coefficient (Wildman–Crippen LogP) is 1.77. The van der Waals surface area contributed by atoms with Crippen LogP contribution in [0, 0.1) is 5.92 Å². The van der Waals surface area contributed by atoms with Gasteiger partial charge in [0, 0.05) is 51.4 Å². The predicted molar refractivity (Wildman–Crippen MR) is 104 cm³/mol. The smallest absolute Gasteiger partial charge is 0.478 e. The molecule has 1 aliphatic heterocycles. The topological polar surface area (TPSA) is 123 Å². The number of carbonyl (C=O) groups is 3. The van der Waals surface area contributed by atoms with Crippen molar-refractivity contribution < 1.29 is 37.8 Å². The number of pyridine rings is 1. The number of anilines is 1. The molecule has 1 saturated heterocycles. The van der Waals surface area contributed by atoms with E-state index in [0.29, 0.717) is 18.3 Å². The van der Waals surface area contributed by atoms with E-state index in [2.05, 4.69) is 15.2 Å². The number of hydrogen-bond donors (Lipinski definition) is 3. The van der Waals surface area contributed by atoms with Gasteiger partial charge in [-0.05, 0) is 25.0 Å². The van der Waals surface area contributed by atoms with Crippen molar-refractivity contribution in [2.75, 3.05) is 44.6 Å². The van der Waals surface area contributed by atoms with Crippen molar-refractivity contribution in [1.82, 2.24) is 14.8 Å². The fraction of sp³-hybridized carbons (Fsp3) is 0.579. The van der Waals surface area contributed by atoms with Gasteiger partial charge in [0.2, 0.25) is 5.91 Å². The number of nitrogens with one attached hydrogen (secondary N) is 1. The minimum absolute atomic E-state index is 0.188. The average molecular weight is 446 g/mol. The Labute approximate surface area is 176 Å². The highest BCUT2D eigenvalue weighted by Gasteiger charge is 2.38. The van der Waals surface area contributed by atoms with Crippen LogP contribution < -0.4 is 5.32 Å². The molecule has 0 spiro atoms.